The summed E-state index contributed by atoms with van der Waals surface area (Å²) in [5.41, 5.74) is -1.09. The van der Waals surface area contributed by atoms with Crippen LogP contribution in [0.25, 0.3) is 0 Å². The molecule has 0 atom stereocenters. The molecule has 0 bridgehead atoms. The maximum Gasteiger partial charge on any atom is 1.00 e. The molecular weight excluding hydrogens is 231 g/mol. The maximum absolute atomic E-state index is 10.5. The molecule has 0 fully saturated rings. The number of hydrogen-bond acceptors (Lipinski definition) is 4. The van der Waals surface area contributed by atoms with Gasteiger partial charge in [-0.25, -0.2) is 8.42 Å². The van der Waals surface area contributed by atoms with Gasteiger partial charge in [0.25, 0.3) is 10.4 Å². The molecule has 0 aliphatic rings. The third-order valence-electron chi connectivity index (χ3n) is 0.912. The minimum atomic E-state index is -5.39. The summed E-state index contributed by atoms with van der Waals surface area (Å²) in [6.07, 6.45) is -3.23. The van der Waals surface area contributed by atoms with Gasteiger partial charge in [-0.2, -0.15) is 0 Å². The van der Waals surface area contributed by atoms with Gasteiger partial charge in [0, 0.05) is 6.85 Å². The molecule has 0 aromatic heterocycles. The zero-order valence-corrected chi connectivity index (χ0v) is 11.0. The van der Waals surface area contributed by atoms with Crippen molar-refractivity contribution in [3.05, 3.63) is 29.7 Å². The van der Waals surface area contributed by atoms with Crippen LogP contribution in [0.5, 0.6) is 5.75 Å². The van der Waals surface area contributed by atoms with E-state index in [1.807, 2.05) is 0 Å². The van der Waals surface area contributed by atoms with E-state index in [1.165, 1.54) is 0 Å². The van der Waals surface area contributed by atoms with Crippen LogP contribution >= 0.6 is 0 Å². The van der Waals surface area contributed by atoms with Gasteiger partial charge in [-0.1, -0.05) is 18.9 Å². The summed E-state index contributed by atoms with van der Waals surface area (Å²) in [5, 5.41) is 0. The Hall–Kier alpha value is 0.566. The number of benzene rings is 1. The largest absolute Gasteiger partial charge is 1.00 e. The molecule has 1 aromatic carbocycles. The zero-order chi connectivity index (χ0) is 17.7. The van der Waals surface area contributed by atoms with Crippen LogP contribution in [0.1, 0.15) is 24.8 Å². The van der Waals surface area contributed by atoms with Crippen LogP contribution in [0.3, 0.4) is 0 Å². The predicted octanol–water partition coefficient (Wildman–Crippen LogP) is -1.91. The second kappa shape index (κ2) is 6.21. The van der Waals surface area contributed by atoms with Crippen molar-refractivity contribution < 1.29 is 80.9 Å². The van der Waals surface area contributed by atoms with Crippen molar-refractivity contribution in [2.45, 2.75) is 13.2 Å². The van der Waals surface area contributed by atoms with Gasteiger partial charge in [0.2, 0.25) is 0 Å². The first-order valence-electron chi connectivity index (χ1n) is 7.37. The minimum Gasteiger partial charge on any atom is -0.716 e. The monoisotopic (exact) mass is 249 g/mol. The fourth-order valence-electron chi connectivity index (χ4n) is 0.507. The molecule has 0 radical (unpaired) electrons. The summed E-state index contributed by atoms with van der Waals surface area (Å²) >= 11 is 0. The summed E-state index contributed by atoms with van der Waals surface area (Å²) in [5.74, 6) is -1.23. The minimum absolute atomic E-state index is 0. The van der Waals surface area contributed by atoms with Crippen LogP contribution in [0.4, 0.5) is 0 Å². The van der Waals surface area contributed by atoms with E-state index in [2.05, 4.69) is 4.18 Å². The Bertz CT molecular complexity index is 686. The number of rotatable bonds is 3. The smallest absolute Gasteiger partial charge is 0.716 e. The summed E-state index contributed by atoms with van der Waals surface area (Å²) in [6, 6.07) is -4.66. The standard InChI is InChI=1S/C8H10O4S.K/c1-2-7-3-5-8(6-4-7)12-13(9,10)11;/h3-6H,2H2,1H3,(H,9,10,11);/q;+1/p-1/i1D3,2D2,3D,4D,5D,6D;. The van der Waals surface area contributed by atoms with E-state index < -0.39 is 59.1 Å². The van der Waals surface area contributed by atoms with Gasteiger partial charge in [0.15, 0.2) is 0 Å². The van der Waals surface area contributed by atoms with Gasteiger partial charge in [-0.05, 0) is 24.0 Å². The van der Waals surface area contributed by atoms with Crippen LogP contribution in [-0.4, -0.2) is 13.0 Å². The summed E-state index contributed by atoms with van der Waals surface area (Å²) < 4.78 is 102. The van der Waals surface area contributed by atoms with E-state index in [1.54, 1.807) is 0 Å². The van der Waals surface area contributed by atoms with Crippen LogP contribution < -0.4 is 55.6 Å². The van der Waals surface area contributed by atoms with Crippen LogP contribution in [0, 0.1) is 0 Å². The molecule has 0 saturated heterocycles. The van der Waals surface area contributed by atoms with E-state index in [0.29, 0.717) is 0 Å². The topological polar surface area (TPSA) is 66.4 Å². The molecule has 0 spiro atoms. The molecule has 0 aliphatic heterocycles. The van der Waals surface area contributed by atoms with Gasteiger partial charge >= 0.3 is 51.4 Å². The Morgan fingerprint density at radius 1 is 1.57 bits per heavy atom. The Morgan fingerprint density at radius 3 is 2.57 bits per heavy atom. The molecule has 0 heterocycles. The molecule has 4 nitrogen and oxygen atoms in total. The van der Waals surface area contributed by atoms with Gasteiger partial charge in [0.05, 0.1) is 5.48 Å². The van der Waals surface area contributed by atoms with Crippen LogP contribution in [0.2, 0.25) is 0 Å². The van der Waals surface area contributed by atoms with Crippen molar-refractivity contribution in [1.29, 1.82) is 0 Å². The van der Waals surface area contributed by atoms with Gasteiger partial charge in [-0.15, -0.1) is 0 Å². The van der Waals surface area contributed by atoms with E-state index in [9.17, 15) is 13.0 Å². The molecular formula is C8H9KO4S. The molecule has 0 N–H and O–H groups in total. The Morgan fingerprint density at radius 2 is 2.14 bits per heavy atom. The first-order valence-corrected chi connectivity index (χ1v) is 4.20. The Kier molecular flexibility index (Phi) is 2.34. The zero-order valence-electron chi connectivity index (χ0n) is 16.0. The molecule has 1 rings (SSSR count). The first-order chi connectivity index (χ1) is 9.61. The van der Waals surface area contributed by atoms with Crippen molar-refractivity contribution >= 4 is 10.4 Å². The fraction of sp³-hybridized carbons (Fsp3) is 0.250. The molecule has 1 aromatic rings. The van der Waals surface area contributed by atoms with Crippen molar-refractivity contribution in [3.8, 4) is 5.75 Å². The van der Waals surface area contributed by atoms with Crippen LogP contribution in [0.15, 0.2) is 24.2 Å². The third kappa shape index (κ3) is 5.45. The van der Waals surface area contributed by atoms with E-state index in [4.69, 9.17) is 12.3 Å². The summed E-state index contributed by atoms with van der Waals surface area (Å²) in [6.45, 7) is -3.30. The molecule has 0 amide bonds. The van der Waals surface area contributed by atoms with Gasteiger partial charge in [0.1, 0.15) is 5.75 Å². The molecule has 14 heavy (non-hydrogen) atoms. The van der Waals surface area contributed by atoms with Gasteiger partial charge in [-0.3, -0.25) is 0 Å². The van der Waals surface area contributed by atoms with Crippen molar-refractivity contribution in [3.63, 3.8) is 0 Å². The fourth-order valence-corrected chi connectivity index (χ4v) is 0.795. The maximum atomic E-state index is 10.5. The van der Waals surface area contributed by atoms with E-state index in [0.717, 1.165) is 0 Å². The number of hydrogen-bond donors (Lipinski definition) is 0. The first kappa shape index (κ1) is 5.26. The third-order valence-corrected chi connectivity index (χ3v) is 1.28. The summed E-state index contributed by atoms with van der Waals surface area (Å²) in [7, 11) is -5.39. The molecule has 0 unspecified atom stereocenters. The van der Waals surface area contributed by atoms with Crippen molar-refractivity contribution in [2.24, 2.45) is 0 Å². The predicted molar refractivity (Wildman–Crippen MR) is 46.1 cm³/mol. The van der Waals surface area contributed by atoms with E-state index >= 15 is 0 Å². The van der Waals surface area contributed by atoms with Gasteiger partial charge < -0.3 is 8.74 Å². The molecule has 0 saturated carbocycles. The normalized spacial score (nSPS) is 21.6. The van der Waals surface area contributed by atoms with Crippen molar-refractivity contribution in [1.82, 2.24) is 0 Å². The second-order valence-electron chi connectivity index (χ2n) is 1.82. The average molecular weight is 249 g/mol. The van der Waals surface area contributed by atoms with E-state index in [-0.39, 0.29) is 51.4 Å². The SMILES string of the molecule is [2H]c1c([2H])c(C([2H])([2H])C([2H])([2H])[2H])c([2H])c([2H])c1OS(=O)(=O)[O-].[K+]. The summed E-state index contributed by atoms with van der Waals surface area (Å²) in [4.78, 5) is 0. The van der Waals surface area contributed by atoms with Crippen molar-refractivity contribution in [2.75, 3.05) is 0 Å². The Labute approximate surface area is 139 Å². The quantitative estimate of drug-likeness (QED) is 0.356. The second-order valence-corrected chi connectivity index (χ2v) is 2.80. The Balaban J connectivity index is 0.00000484. The van der Waals surface area contributed by atoms with Crippen LogP contribution in [-0.2, 0) is 16.8 Å². The molecule has 6 heteroatoms. The molecule has 72 valence electrons. The average Bonchev–Trinajstić information content (AvgIpc) is 2.29. The molecule has 0 aliphatic carbocycles.